The van der Waals surface area contributed by atoms with Crippen LogP contribution in [0.25, 0.3) is 0 Å². The van der Waals surface area contributed by atoms with E-state index < -0.39 is 0 Å². The third-order valence-corrected chi connectivity index (χ3v) is 3.38. The molecule has 0 N–H and O–H groups in total. The van der Waals surface area contributed by atoms with Gasteiger partial charge in [-0.05, 0) is 64.6 Å². The van der Waals surface area contributed by atoms with Crippen LogP contribution in [0.1, 0.15) is 5.56 Å². The zero-order chi connectivity index (χ0) is 11.4. The monoisotopic (exact) mass is 388 g/mol. The van der Waals surface area contributed by atoms with Gasteiger partial charge in [0, 0.05) is 8.04 Å². The van der Waals surface area contributed by atoms with E-state index in [0.29, 0.717) is 6.61 Å². The molecule has 0 aromatic heterocycles. The fourth-order valence-corrected chi connectivity index (χ4v) is 1.90. The van der Waals surface area contributed by atoms with Gasteiger partial charge in [-0.2, -0.15) is 0 Å². The first-order valence-corrected chi connectivity index (χ1v) is 6.74. The van der Waals surface area contributed by atoms with Crippen molar-refractivity contribution < 1.29 is 4.74 Å². The lowest BCUT2D eigenvalue weighted by Gasteiger charge is -2.06. The van der Waals surface area contributed by atoms with Crippen LogP contribution in [-0.2, 0) is 6.61 Å². The highest BCUT2D eigenvalue weighted by atomic mass is 127. The number of hydrogen-bond donors (Lipinski definition) is 0. The van der Waals surface area contributed by atoms with Crippen LogP contribution in [-0.4, -0.2) is 0 Å². The van der Waals surface area contributed by atoms with E-state index in [2.05, 4.69) is 50.7 Å². The summed E-state index contributed by atoms with van der Waals surface area (Å²) in [6, 6.07) is 16.2. The molecule has 0 aliphatic carbocycles. The predicted octanol–water partition coefficient (Wildman–Crippen LogP) is 4.63. The SMILES string of the molecule is Brc1ccc(COc2ccc(I)cc2)cc1. The van der Waals surface area contributed by atoms with Gasteiger partial charge in [-0.15, -0.1) is 0 Å². The van der Waals surface area contributed by atoms with Crippen LogP contribution >= 0.6 is 38.5 Å². The Morgan fingerprint density at radius 1 is 0.938 bits per heavy atom. The normalized spacial score (nSPS) is 10.1. The second-order valence-corrected chi connectivity index (χ2v) is 5.53. The highest BCUT2D eigenvalue weighted by molar-refractivity contribution is 14.1. The lowest BCUT2D eigenvalue weighted by atomic mass is 10.2. The van der Waals surface area contributed by atoms with Gasteiger partial charge in [0.05, 0.1) is 0 Å². The molecule has 3 heteroatoms. The van der Waals surface area contributed by atoms with Gasteiger partial charge in [0.2, 0.25) is 0 Å². The Morgan fingerprint density at radius 3 is 2.19 bits per heavy atom. The number of ether oxygens (including phenoxy) is 1. The summed E-state index contributed by atoms with van der Waals surface area (Å²) in [6.07, 6.45) is 0. The molecule has 0 radical (unpaired) electrons. The van der Waals surface area contributed by atoms with Gasteiger partial charge in [0.25, 0.3) is 0 Å². The van der Waals surface area contributed by atoms with Crippen molar-refractivity contribution >= 4 is 38.5 Å². The molecule has 0 saturated heterocycles. The standard InChI is InChI=1S/C13H10BrIO/c14-11-3-1-10(2-4-11)9-16-13-7-5-12(15)6-8-13/h1-8H,9H2. The Bertz CT molecular complexity index is 405. The summed E-state index contributed by atoms with van der Waals surface area (Å²) < 4.78 is 7.97. The van der Waals surface area contributed by atoms with Gasteiger partial charge in [0.15, 0.2) is 0 Å². The summed E-state index contributed by atoms with van der Waals surface area (Å²) >= 11 is 5.69. The summed E-state index contributed by atoms with van der Waals surface area (Å²) in [7, 11) is 0. The first kappa shape index (κ1) is 11.9. The minimum Gasteiger partial charge on any atom is -0.489 e. The van der Waals surface area contributed by atoms with Crippen LogP contribution < -0.4 is 4.74 Å². The van der Waals surface area contributed by atoms with Gasteiger partial charge in [0.1, 0.15) is 12.4 Å². The number of benzene rings is 2. The van der Waals surface area contributed by atoms with E-state index in [0.717, 1.165) is 10.2 Å². The Kier molecular flexibility index (Phi) is 4.23. The molecular weight excluding hydrogens is 379 g/mol. The molecular formula is C13H10BrIO. The highest BCUT2D eigenvalue weighted by Gasteiger charge is 1.96. The van der Waals surface area contributed by atoms with Gasteiger partial charge in [-0.25, -0.2) is 0 Å². The van der Waals surface area contributed by atoms with Gasteiger partial charge >= 0.3 is 0 Å². The van der Waals surface area contributed by atoms with Gasteiger partial charge in [-0.3, -0.25) is 0 Å². The van der Waals surface area contributed by atoms with Crippen molar-refractivity contribution in [1.29, 1.82) is 0 Å². The fraction of sp³-hybridized carbons (Fsp3) is 0.0769. The molecule has 2 aromatic carbocycles. The Balaban J connectivity index is 1.97. The predicted molar refractivity (Wildman–Crippen MR) is 77.6 cm³/mol. The van der Waals surface area contributed by atoms with Crippen molar-refractivity contribution in [2.75, 3.05) is 0 Å². The molecule has 0 unspecified atom stereocenters. The molecule has 82 valence electrons. The van der Waals surface area contributed by atoms with E-state index in [-0.39, 0.29) is 0 Å². The molecule has 1 nitrogen and oxygen atoms in total. The smallest absolute Gasteiger partial charge is 0.119 e. The van der Waals surface area contributed by atoms with Crippen LogP contribution in [0.15, 0.2) is 53.0 Å². The van der Waals surface area contributed by atoms with Crippen molar-refractivity contribution in [2.45, 2.75) is 6.61 Å². The summed E-state index contributed by atoms with van der Waals surface area (Å²) in [6.45, 7) is 0.605. The molecule has 0 spiro atoms. The molecule has 0 aliphatic rings. The average Bonchev–Trinajstić information content (AvgIpc) is 2.30. The van der Waals surface area contributed by atoms with Crippen LogP contribution in [0, 0.1) is 3.57 Å². The largest absolute Gasteiger partial charge is 0.489 e. The minimum absolute atomic E-state index is 0.605. The third-order valence-electron chi connectivity index (χ3n) is 2.13. The second-order valence-electron chi connectivity index (χ2n) is 3.37. The summed E-state index contributed by atoms with van der Waals surface area (Å²) in [5.41, 5.74) is 1.17. The molecule has 0 aliphatic heterocycles. The molecule has 0 heterocycles. The maximum atomic E-state index is 5.67. The first-order chi connectivity index (χ1) is 7.74. The highest BCUT2D eigenvalue weighted by Crippen LogP contribution is 2.16. The van der Waals surface area contributed by atoms with E-state index in [1.807, 2.05) is 36.4 Å². The first-order valence-electron chi connectivity index (χ1n) is 4.87. The second kappa shape index (κ2) is 5.68. The van der Waals surface area contributed by atoms with Crippen LogP contribution in [0.2, 0.25) is 0 Å². The summed E-state index contributed by atoms with van der Waals surface area (Å²) in [5, 5.41) is 0. The van der Waals surface area contributed by atoms with E-state index in [4.69, 9.17) is 4.74 Å². The van der Waals surface area contributed by atoms with Gasteiger partial charge in [-0.1, -0.05) is 28.1 Å². The summed E-state index contributed by atoms with van der Waals surface area (Å²) in [4.78, 5) is 0. The third kappa shape index (κ3) is 3.49. The van der Waals surface area contributed by atoms with Crippen LogP contribution in [0.4, 0.5) is 0 Å². The lowest BCUT2D eigenvalue weighted by molar-refractivity contribution is 0.306. The van der Waals surface area contributed by atoms with E-state index in [1.165, 1.54) is 9.13 Å². The molecule has 0 fully saturated rings. The van der Waals surface area contributed by atoms with Crippen LogP contribution in [0.5, 0.6) is 5.75 Å². The van der Waals surface area contributed by atoms with E-state index >= 15 is 0 Å². The van der Waals surface area contributed by atoms with E-state index in [1.54, 1.807) is 0 Å². The summed E-state index contributed by atoms with van der Waals surface area (Å²) in [5.74, 6) is 0.906. The van der Waals surface area contributed by atoms with Crippen molar-refractivity contribution in [3.05, 3.63) is 62.1 Å². The quantitative estimate of drug-likeness (QED) is 0.696. The molecule has 16 heavy (non-hydrogen) atoms. The minimum atomic E-state index is 0.605. The maximum absolute atomic E-state index is 5.67. The number of hydrogen-bond acceptors (Lipinski definition) is 1. The molecule has 2 aromatic rings. The molecule has 0 atom stereocenters. The van der Waals surface area contributed by atoms with Gasteiger partial charge < -0.3 is 4.74 Å². The van der Waals surface area contributed by atoms with Crippen molar-refractivity contribution in [3.8, 4) is 5.75 Å². The van der Waals surface area contributed by atoms with Crippen molar-refractivity contribution in [1.82, 2.24) is 0 Å². The zero-order valence-corrected chi connectivity index (χ0v) is 12.2. The van der Waals surface area contributed by atoms with Crippen LogP contribution in [0.3, 0.4) is 0 Å². The lowest BCUT2D eigenvalue weighted by Crippen LogP contribution is -1.94. The molecule has 2 rings (SSSR count). The molecule has 0 bridgehead atoms. The van der Waals surface area contributed by atoms with Crippen molar-refractivity contribution in [2.24, 2.45) is 0 Å². The Morgan fingerprint density at radius 2 is 1.56 bits per heavy atom. The topological polar surface area (TPSA) is 9.23 Å². The Hall–Kier alpha value is -0.550. The average molecular weight is 389 g/mol. The number of halogens is 2. The zero-order valence-electron chi connectivity index (χ0n) is 8.49. The Labute approximate surface area is 117 Å². The number of rotatable bonds is 3. The van der Waals surface area contributed by atoms with E-state index in [9.17, 15) is 0 Å². The fourth-order valence-electron chi connectivity index (χ4n) is 1.28. The van der Waals surface area contributed by atoms with Crippen molar-refractivity contribution in [3.63, 3.8) is 0 Å². The maximum Gasteiger partial charge on any atom is 0.119 e. The molecule has 0 saturated carbocycles. The molecule has 0 amide bonds.